The van der Waals surface area contributed by atoms with Gasteiger partial charge in [0.15, 0.2) is 0 Å². The third-order valence-electron chi connectivity index (χ3n) is 6.69. The molecular weight excluding hydrogens is 398 g/mol. The van der Waals surface area contributed by atoms with Crippen molar-refractivity contribution in [2.75, 3.05) is 37.6 Å². The Labute approximate surface area is 192 Å². The highest BCUT2D eigenvalue weighted by atomic mass is 16.2. The van der Waals surface area contributed by atoms with Gasteiger partial charge in [0.05, 0.1) is 12.6 Å². The van der Waals surface area contributed by atoms with E-state index in [9.17, 15) is 4.79 Å². The Morgan fingerprint density at radius 3 is 2.44 bits per heavy atom. The van der Waals surface area contributed by atoms with Crippen molar-refractivity contribution in [1.82, 2.24) is 20.2 Å². The predicted octanol–water partition coefficient (Wildman–Crippen LogP) is 3.79. The zero-order valence-corrected chi connectivity index (χ0v) is 20.0. The Kier molecular flexibility index (Phi) is 7.09. The third-order valence-corrected chi connectivity index (χ3v) is 6.69. The lowest BCUT2D eigenvalue weighted by atomic mass is 9.89. The zero-order valence-electron chi connectivity index (χ0n) is 20.0. The monoisotopic (exact) mass is 435 g/mol. The van der Waals surface area contributed by atoms with E-state index >= 15 is 0 Å². The topological polar surface area (TPSA) is 61.4 Å². The summed E-state index contributed by atoms with van der Waals surface area (Å²) in [6.45, 7) is 12.3. The molecule has 0 unspecified atom stereocenters. The van der Waals surface area contributed by atoms with Crippen LogP contribution in [0.15, 0.2) is 24.3 Å². The van der Waals surface area contributed by atoms with Crippen molar-refractivity contribution in [2.45, 2.75) is 65.3 Å². The second-order valence-electron chi connectivity index (χ2n) is 9.67. The van der Waals surface area contributed by atoms with Crippen molar-refractivity contribution in [3.63, 3.8) is 0 Å². The maximum atomic E-state index is 12.7. The van der Waals surface area contributed by atoms with Crippen LogP contribution in [-0.2, 0) is 17.6 Å². The first-order valence-electron chi connectivity index (χ1n) is 12.1. The van der Waals surface area contributed by atoms with E-state index in [1.54, 1.807) is 0 Å². The molecule has 0 bridgehead atoms. The smallest absolute Gasteiger partial charge is 0.234 e. The highest BCUT2D eigenvalue weighted by Crippen LogP contribution is 2.25. The van der Waals surface area contributed by atoms with Crippen LogP contribution in [0.1, 0.15) is 73.8 Å². The summed E-state index contributed by atoms with van der Waals surface area (Å²) >= 11 is 0. The minimum Gasteiger partial charge on any atom is -0.354 e. The van der Waals surface area contributed by atoms with Crippen LogP contribution in [0.2, 0.25) is 0 Å². The number of anilines is 1. The van der Waals surface area contributed by atoms with Crippen molar-refractivity contribution < 1.29 is 4.79 Å². The summed E-state index contributed by atoms with van der Waals surface area (Å²) in [6, 6.07) is 8.84. The normalized spacial score (nSPS) is 17.8. The molecule has 0 saturated carbocycles. The lowest BCUT2D eigenvalue weighted by molar-refractivity contribution is -0.123. The quantitative estimate of drug-likeness (QED) is 0.748. The van der Waals surface area contributed by atoms with Crippen LogP contribution in [0.4, 0.5) is 5.82 Å². The van der Waals surface area contributed by atoms with Crippen molar-refractivity contribution in [3.05, 3.63) is 52.5 Å². The number of nitrogens with one attached hydrogen (secondary N) is 1. The van der Waals surface area contributed by atoms with Crippen LogP contribution < -0.4 is 10.2 Å². The minimum atomic E-state index is 0.0365. The number of aryl methyl sites for hydroxylation is 3. The van der Waals surface area contributed by atoms with Gasteiger partial charge in [-0.3, -0.25) is 9.69 Å². The van der Waals surface area contributed by atoms with Gasteiger partial charge >= 0.3 is 0 Å². The maximum Gasteiger partial charge on any atom is 0.234 e. The molecule has 1 aliphatic heterocycles. The molecule has 0 spiro atoms. The molecule has 1 aliphatic carbocycles. The Bertz CT molecular complexity index is 949. The van der Waals surface area contributed by atoms with E-state index in [1.165, 1.54) is 42.4 Å². The molecule has 1 fully saturated rings. The van der Waals surface area contributed by atoms with E-state index in [0.717, 1.165) is 43.5 Å². The van der Waals surface area contributed by atoms with Gasteiger partial charge in [0.25, 0.3) is 0 Å². The van der Waals surface area contributed by atoms with Gasteiger partial charge in [0.2, 0.25) is 5.91 Å². The highest BCUT2D eigenvalue weighted by molar-refractivity contribution is 5.78. The average molecular weight is 436 g/mol. The van der Waals surface area contributed by atoms with Crippen molar-refractivity contribution >= 4 is 11.7 Å². The van der Waals surface area contributed by atoms with Crippen LogP contribution in [0.5, 0.6) is 0 Å². The maximum absolute atomic E-state index is 12.7. The molecule has 2 aromatic rings. The van der Waals surface area contributed by atoms with Crippen molar-refractivity contribution in [1.29, 1.82) is 0 Å². The largest absolute Gasteiger partial charge is 0.354 e. The van der Waals surface area contributed by atoms with Crippen molar-refractivity contribution in [3.8, 4) is 0 Å². The Hall–Kier alpha value is -2.47. The number of aromatic nitrogens is 2. The molecular formula is C26H37N5O. The molecule has 1 N–H and O–H groups in total. The number of amides is 1. The molecule has 1 aromatic heterocycles. The van der Waals surface area contributed by atoms with Gasteiger partial charge in [-0.15, -0.1) is 0 Å². The fourth-order valence-electron chi connectivity index (χ4n) is 4.73. The van der Waals surface area contributed by atoms with Gasteiger partial charge in [-0.1, -0.05) is 32.0 Å². The van der Waals surface area contributed by atoms with E-state index in [4.69, 9.17) is 4.98 Å². The number of carbonyl (C=O) groups excluding carboxylic acids is 1. The number of fused-ring (bicyclic) bond motifs is 1. The zero-order chi connectivity index (χ0) is 22.7. The van der Waals surface area contributed by atoms with Gasteiger partial charge in [-0.25, -0.2) is 9.97 Å². The molecule has 6 nitrogen and oxygen atoms in total. The number of rotatable bonds is 6. The highest BCUT2D eigenvalue weighted by Gasteiger charge is 2.22. The lowest BCUT2D eigenvalue weighted by Gasteiger charge is -2.35. The van der Waals surface area contributed by atoms with E-state index in [1.807, 2.05) is 6.92 Å². The van der Waals surface area contributed by atoms with Crippen LogP contribution in [0.3, 0.4) is 0 Å². The van der Waals surface area contributed by atoms with Gasteiger partial charge < -0.3 is 10.2 Å². The van der Waals surface area contributed by atoms with Crippen LogP contribution in [0.25, 0.3) is 0 Å². The molecule has 1 aromatic carbocycles. The molecule has 172 valence electrons. The van der Waals surface area contributed by atoms with Crippen molar-refractivity contribution in [2.24, 2.45) is 0 Å². The first-order chi connectivity index (χ1) is 15.4. The fraction of sp³-hybridized carbons (Fsp3) is 0.577. The predicted molar refractivity (Wildman–Crippen MR) is 129 cm³/mol. The molecule has 2 heterocycles. The Morgan fingerprint density at radius 2 is 1.72 bits per heavy atom. The first-order valence-corrected chi connectivity index (χ1v) is 12.1. The molecule has 32 heavy (non-hydrogen) atoms. The molecule has 1 amide bonds. The second kappa shape index (κ2) is 9.99. The van der Waals surface area contributed by atoms with E-state index in [-0.39, 0.29) is 11.9 Å². The molecule has 0 radical (unpaired) electrons. The summed E-state index contributed by atoms with van der Waals surface area (Å²) in [4.78, 5) is 26.6. The lowest BCUT2D eigenvalue weighted by Crippen LogP contribution is -2.50. The molecule has 6 heteroatoms. The number of hydrogen-bond donors (Lipinski definition) is 1. The third kappa shape index (κ3) is 5.47. The first kappa shape index (κ1) is 22.7. The standard InChI is InChI=1S/C26H37N5O/c1-18(2)26-27-19(3)15-24(29-26)31-13-11-30(12-14-31)17-25(32)28-20(4)22-10-9-21-7-5-6-8-23(21)16-22/h9-10,15-16,18,20H,5-8,11-14,17H2,1-4H3,(H,28,32)/t20-/m1/s1. The Morgan fingerprint density at radius 1 is 1.00 bits per heavy atom. The molecule has 4 rings (SSSR count). The van der Waals surface area contributed by atoms with E-state index in [0.29, 0.717) is 12.5 Å². The summed E-state index contributed by atoms with van der Waals surface area (Å²) in [5.74, 6) is 2.32. The van der Waals surface area contributed by atoms with Gasteiger partial charge in [0, 0.05) is 43.9 Å². The number of benzene rings is 1. The van der Waals surface area contributed by atoms with Crippen LogP contribution >= 0.6 is 0 Å². The summed E-state index contributed by atoms with van der Waals surface area (Å²) in [5, 5.41) is 3.21. The summed E-state index contributed by atoms with van der Waals surface area (Å²) in [7, 11) is 0. The van der Waals surface area contributed by atoms with Crippen LogP contribution in [-0.4, -0.2) is 53.5 Å². The molecule has 1 atom stereocenters. The van der Waals surface area contributed by atoms with Gasteiger partial charge in [-0.05, 0) is 56.2 Å². The molecule has 2 aliphatic rings. The number of piperazine rings is 1. The molecule has 1 saturated heterocycles. The Balaban J connectivity index is 1.28. The SMILES string of the molecule is Cc1cc(N2CCN(CC(=O)N[C@H](C)c3ccc4c(c3)CCCC4)CC2)nc(C(C)C)n1. The number of carbonyl (C=O) groups is 1. The number of hydrogen-bond acceptors (Lipinski definition) is 5. The van der Waals surface area contributed by atoms with Gasteiger partial charge in [-0.2, -0.15) is 0 Å². The number of nitrogens with zero attached hydrogens (tertiary/aromatic N) is 4. The summed E-state index contributed by atoms with van der Waals surface area (Å²) in [6.07, 6.45) is 4.92. The van der Waals surface area contributed by atoms with E-state index in [2.05, 4.69) is 65.1 Å². The van der Waals surface area contributed by atoms with E-state index < -0.39 is 0 Å². The summed E-state index contributed by atoms with van der Waals surface area (Å²) in [5.41, 5.74) is 5.17. The van der Waals surface area contributed by atoms with Crippen LogP contribution in [0, 0.1) is 6.92 Å². The van der Waals surface area contributed by atoms with Gasteiger partial charge in [0.1, 0.15) is 11.6 Å². The average Bonchev–Trinajstić information content (AvgIpc) is 2.78. The minimum absolute atomic E-state index is 0.0365. The fourth-order valence-corrected chi connectivity index (χ4v) is 4.73. The summed E-state index contributed by atoms with van der Waals surface area (Å²) < 4.78 is 0. The second-order valence-corrected chi connectivity index (χ2v) is 9.67.